The molecule has 0 aliphatic carbocycles. The van der Waals surface area contributed by atoms with Gasteiger partial charge in [-0.3, -0.25) is 4.90 Å². The Morgan fingerprint density at radius 3 is 3.07 bits per heavy atom. The third-order valence-corrected chi connectivity index (χ3v) is 4.19. The maximum atomic E-state index is 5.89. The van der Waals surface area contributed by atoms with Gasteiger partial charge in [-0.15, -0.1) is 0 Å². The first-order valence-electron chi connectivity index (χ1n) is 5.81. The second-order valence-electron chi connectivity index (χ2n) is 4.37. The van der Waals surface area contributed by atoms with Gasteiger partial charge in [0.15, 0.2) is 0 Å². The fourth-order valence-electron chi connectivity index (χ4n) is 2.44. The van der Waals surface area contributed by atoms with Crippen molar-refractivity contribution >= 4 is 11.3 Å². The molecule has 2 nitrogen and oxygen atoms in total. The van der Waals surface area contributed by atoms with Gasteiger partial charge in [-0.2, -0.15) is 11.3 Å². The van der Waals surface area contributed by atoms with Crippen LogP contribution in [-0.2, 0) is 0 Å². The average Bonchev–Trinajstić information content (AvgIpc) is 2.89. The standard InChI is InChI=1S/C12H20N2S/c1-2-10-3-5-14(8-10)12(7-13)11-4-6-15-9-11/h4,6,9-10,12H,2-3,5,7-8,13H2,1H3. The summed E-state index contributed by atoms with van der Waals surface area (Å²) in [6, 6.07) is 2.66. The Morgan fingerprint density at radius 1 is 1.67 bits per heavy atom. The summed E-state index contributed by atoms with van der Waals surface area (Å²) >= 11 is 1.77. The Hall–Kier alpha value is -0.380. The first-order chi connectivity index (χ1) is 7.35. The fourth-order valence-corrected chi connectivity index (χ4v) is 3.15. The topological polar surface area (TPSA) is 29.3 Å². The van der Waals surface area contributed by atoms with Gasteiger partial charge in [-0.25, -0.2) is 0 Å². The lowest BCUT2D eigenvalue weighted by Crippen LogP contribution is -2.31. The molecular formula is C12H20N2S. The lowest BCUT2D eigenvalue weighted by molar-refractivity contribution is 0.241. The van der Waals surface area contributed by atoms with E-state index in [1.165, 1.54) is 31.5 Å². The lowest BCUT2D eigenvalue weighted by Gasteiger charge is -2.26. The van der Waals surface area contributed by atoms with E-state index < -0.39 is 0 Å². The molecule has 0 aromatic carbocycles. The molecule has 84 valence electrons. The summed E-state index contributed by atoms with van der Waals surface area (Å²) in [4.78, 5) is 2.55. The molecule has 1 aliphatic rings. The van der Waals surface area contributed by atoms with Crippen LogP contribution in [0.3, 0.4) is 0 Å². The van der Waals surface area contributed by atoms with Crippen LogP contribution in [0.1, 0.15) is 31.4 Å². The summed E-state index contributed by atoms with van der Waals surface area (Å²) in [5.74, 6) is 0.887. The van der Waals surface area contributed by atoms with Crippen molar-refractivity contribution in [3.8, 4) is 0 Å². The molecule has 1 saturated heterocycles. The molecule has 0 amide bonds. The monoisotopic (exact) mass is 224 g/mol. The molecule has 1 aromatic heterocycles. The van der Waals surface area contributed by atoms with Crippen LogP contribution in [-0.4, -0.2) is 24.5 Å². The summed E-state index contributed by atoms with van der Waals surface area (Å²) in [7, 11) is 0. The number of likely N-dealkylation sites (tertiary alicyclic amines) is 1. The smallest absolute Gasteiger partial charge is 0.0478 e. The summed E-state index contributed by atoms with van der Waals surface area (Å²) in [5, 5.41) is 4.38. The van der Waals surface area contributed by atoms with Gasteiger partial charge in [0, 0.05) is 19.1 Å². The van der Waals surface area contributed by atoms with E-state index in [4.69, 9.17) is 5.73 Å². The van der Waals surface area contributed by atoms with Gasteiger partial charge in [0.25, 0.3) is 0 Å². The third-order valence-electron chi connectivity index (χ3n) is 3.49. The molecule has 0 spiro atoms. The van der Waals surface area contributed by atoms with Gasteiger partial charge in [-0.1, -0.05) is 13.3 Å². The van der Waals surface area contributed by atoms with E-state index in [1.807, 2.05) is 0 Å². The molecule has 2 heterocycles. The Balaban J connectivity index is 2.02. The summed E-state index contributed by atoms with van der Waals surface area (Å²) in [6.45, 7) is 5.48. The van der Waals surface area contributed by atoms with Crippen LogP contribution in [0.5, 0.6) is 0 Å². The Labute approximate surface area is 96.1 Å². The fraction of sp³-hybridized carbons (Fsp3) is 0.667. The van der Waals surface area contributed by atoms with Crippen molar-refractivity contribution in [3.05, 3.63) is 22.4 Å². The van der Waals surface area contributed by atoms with E-state index >= 15 is 0 Å². The number of rotatable bonds is 4. The molecule has 2 unspecified atom stereocenters. The molecule has 1 fully saturated rings. The quantitative estimate of drug-likeness (QED) is 0.851. The molecule has 2 N–H and O–H groups in total. The van der Waals surface area contributed by atoms with Crippen LogP contribution in [0, 0.1) is 5.92 Å². The highest BCUT2D eigenvalue weighted by Gasteiger charge is 2.27. The zero-order chi connectivity index (χ0) is 10.7. The minimum absolute atomic E-state index is 0.452. The van der Waals surface area contributed by atoms with Crippen molar-refractivity contribution in [2.75, 3.05) is 19.6 Å². The predicted octanol–water partition coefficient (Wildman–Crippen LogP) is 2.48. The van der Waals surface area contributed by atoms with Gasteiger partial charge in [0.1, 0.15) is 0 Å². The highest BCUT2D eigenvalue weighted by molar-refractivity contribution is 7.07. The SMILES string of the molecule is CCC1CCN(C(CN)c2ccsc2)C1. The largest absolute Gasteiger partial charge is 0.329 e. The van der Waals surface area contributed by atoms with E-state index in [2.05, 4.69) is 28.7 Å². The highest BCUT2D eigenvalue weighted by atomic mass is 32.1. The Bertz CT molecular complexity index is 284. The van der Waals surface area contributed by atoms with Crippen molar-refractivity contribution in [2.45, 2.75) is 25.8 Å². The van der Waals surface area contributed by atoms with Crippen LogP contribution < -0.4 is 5.73 Å². The van der Waals surface area contributed by atoms with Crippen molar-refractivity contribution in [1.82, 2.24) is 4.90 Å². The molecule has 2 atom stereocenters. The van der Waals surface area contributed by atoms with Gasteiger partial charge in [-0.05, 0) is 41.3 Å². The number of nitrogens with two attached hydrogens (primary N) is 1. The lowest BCUT2D eigenvalue weighted by atomic mass is 10.1. The van der Waals surface area contributed by atoms with Crippen molar-refractivity contribution < 1.29 is 0 Å². The zero-order valence-corrected chi connectivity index (χ0v) is 10.2. The average molecular weight is 224 g/mol. The minimum Gasteiger partial charge on any atom is -0.329 e. The van der Waals surface area contributed by atoms with Crippen LogP contribution in [0.25, 0.3) is 0 Å². The van der Waals surface area contributed by atoms with Crippen LogP contribution >= 0.6 is 11.3 Å². The first-order valence-corrected chi connectivity index (χ1v) is 6.75. The molecular weight excluding hydrogens is 204 g/mol. The maximum absolute atomic E-state index is 5.89. The molecule has 1 aliphatic heterocycles. The van der Waals surface area contributed by atoms with E-state index in [0.717, 1.165) is 12.5 Å². The summed E-state index contributed by atoms with van der Waals surface area (Å²) in [6.07, 6.45) is 2.65. The van der Waals surface area contributed by atoms with Crippen LogP contribution in [0.4, 0.5) is 0 Å². The molecule has 0 bridgehead atoms. The minimum atomic E-state index is 0.452. The molecule has 0 saturated carbocycles. The normalized spacial score (nSPS) is 24.5. The van der Waals surface area contributed by atoms with E-state index in [9.17, 15) is 0 Å². The zero-order valence-electron chi connectivity index (χ0n) is 9.36. The molecule has 1 aromatic rings. The number of hydrogen-bond acceptors (Lipinski definition) is 3. The van der Waals surface area contributed by atoms with Crippen molar-refractivity contribution in [2.24, 2.45) is 11.7 Å². The third kappa shape index (κ3) is 2.41. The van der Waals surface area contributed by atoms with Crippen LogP contribution in [0.2, 0.25) is 0 Å². The van der Waals surface area contributed by atoms with Gasteiger partial charge in [0.05, 0.1) is 0 Å². The first kappa shape index (κ1) is 11.1. The highest BCUT2D eigenvalue weighted by Crippen LogP contribution is 2.29. The summed E-state index contributed by atoms with van der Waals surface area (Å²) in [5.41, 5.74) is 7.30. The van der Waals surface area contributed by atoms with E-state index in [1.54, 1.807) is 11.3 Å². The van der Waals surface area contributed by atoms with Gasteiger partial charge in [0.2, 0.25) is 0 Å². The number of hydrogen-bond donors (Lipinski definition) is 1. The van der Waals surface area contributed by atoms with Crippen molar-refractivity contribution in [3.63, 3.8) is 0 Å². The Kier molecular flexibility index (Phi) is 3.78. The molecule has 2 rings (SSSR count). The van der Waals surface area contributed by atoms with Crippen molar-refractivity contribution in [1.29, 1.82) is 0 Å². The second-order valence-corrected chi connectivity index (χ2v) is 5.15. The number of thiophene rings is 1. The second kappa shape index (κ2) is 5.10. The number of nitrogens with zero attached hydrogens (tertiary/aromatic N) is 1. The Morgan fingerprint density at radius 2 is 2.53 bits per heavy atom. The predicted molar refractivity (Wildman–Crippen MR) is 66.1 cm³/mol. The maximum Gasteiger partial charge on any atom is 0.0478 e. The molecule has 3 heteroatoms. The van der Waals surface area contributed by atoms with E-state index in [-0.39, 0.29) is 0 Å². The van der Waals surface area contributed by atoms with E-state index in [0.29, 0.717) is 6.04 Å². The van der Waals surface area contributed by atoms with Crippen LogP contribution in [0.15, 0.2) is 16.8 Å². The summed E-state index contributed by atoms with van der Waals surface area (Å²) < 4.78 is 0. The molecule has 0 radical (unpaired) electrons. The van der Waals surface area contributed by atoms with Gasteiger partial charge >= 0.3 is 0 Å². The van der Waals surface area contributed by atoms with Gasteiger partial charge < -0.3 is 5.73 Å². The molecule has 15 heavy (non-hydrogen) atoms.